The van der Waals surface area contributed by atoms with Crippen molar-refractivity contribution in [2.45, 2.75) is 19.5 Å². The summed E-state index contributed by atoms with van der Waals surface area (Å²) in [6.45, 7) is 4.36. The summed E-state index contributed by atoms with van der Waals surface area (Å²) in [4.78, 5) is 0. The largest absolute Gasteiger partial charge is 0.329 e. The molecule has 0 spiro atoms. The summed E-state index contributed by atoms with van der Waals surface area (Å²) >= 11 is 0. The van der Waals surface area contributed by atoms with Crippen LogP contribution in [0.25, 0.3) is 0 Å². The Morgan fingerprint density at radius 1 is 1.30 bits per heavy atom. The maximum atomic E-state index is 5.42. The molecule has 0 unspecified atom stereocenters. The van der Waals surface area contributed by atoms with Crippen LogP contribution in [0.15, 0.2) is 0 Å². The van der Waals surface area contributed by atoms with Crippen molar-refractivity contribution in [2.75, 3.05) is 27.2 Å². The first-order valence-electron chi connectivity index (χ1n) is 3.81. The van der Waals surface area contributed by atoms with Gasteiger partial charge in [0.05, 0.1) is 33.4 Å². The van der Waals surface area contributed by atoms with Crippen molar-refractivity contribution in [2.24, 2.45) is 11.5 Å². The predicted molar refractivity (Wildman–Crippen MR) is 44.3 cm³/mol. The second-order valence-corrected chi connectivity index (χ2v) is 3.43. The fourth-order valence-electron chi connectivity index (χ4n) is 0.657. The number of hydrogen-bond acceptors (Lipinski definition) is 2. The van der Waals surface area contributed by atoms with E-state index < -0.39 is 0 Å². The topological polar surface area (TPSA) is 52.0 Å². The van der Waals surface area contributed by atoms with Gasteiger partial charge in [-0.2, -0.15) is 0 Å². The van der Waals surface area contributed by atoms with Crippen LogP contribution in [0.5, 0.6) is 0 Å². The molecular formula is C7H20N3+. The Kier molecular flexibility index (Phi) is 3.86. The smallest absolute Gasteiger partial charge is 0.0810 e. The molecule has 10 heavy (non-hydrogen) atoms. The highest BCUT2D eigenvalue weighted by Crippen LogP contribution is 1.97. The maximum Gasteiger partial charge on any atom is 0.0810 e. The van der Waals surface area contributed by atoms with Crippen LogP contribution in [0.4, 0.5) is 0 Å². The normalized spacial score (nSPS) is 12.6. The van der Waals surface area contributed by atoms with Crippen LogP contribution in [0.2, 0.25) is 0 Å². The molecule has 62 valence electrons. The Balaban J connectivity index is 3.46. The average molecular weight is 146 g/mol. The first-order chi connectivity index (χ1) is 4.48. The van der Waals surface area contributed by atoms with Crippen molar-refractivity contribution < 1.29 is 4.48 Å². The van der Waals surface area contributed by atoms with Crippen LogP contribution >= 0.6 is 0 Å². The molecule has 0 bridgehead atoms. The molecule has 3 nitrogen and oxygen atoms in total. The second kappa shape index (κ2) is 3.91. The fourth-order valence-corrected chi connectivity index (χ4v) is 0.657. The minimum atomic E-state index is -0.149. The van der Waals surface area contributed by atoms with E-state index in [2.05, 4.69) is 21.0 Å². The Morgan fingerprint density at radius 2 is 1.80 bits per heavy atom. The van der Waals surface area contributed by atoms with Gasteiger partial charge in [0.25, 0.3) is 0 Å². The molecule has 0 amide bonds. The van der Waals surface area contributed by atoms with Gasteiger partial charge in [-0.3, -0.25) is 0 Å². The predicted octanol–water partition coefficient (Wildman–Crippen LogP) is -0.284. The molecular weight excluding hydrogens is 126 g/mol. The number of rotatable bonds is 4. The molecule has 0 aromatic heterocycles. The minimum Gasteiger partial charge on any atom is -0.329 e. The highest BCUT2D eigenvalue weighted by molar-refractivity contribution is 4.48. The van der Waals surface area contributed by atoms with Crippen molar-refractivity contribution in [1.82, 2.24) is 0 Å². The van der Waals surface area contributed by atoms with E-state index in [-0.39, 0.29) is 6.17 Å². The maximum absolute atomic E-state index is 5.42. The summed E-state index contributed by atoms with van der Waals surface area (Å²) in [5.41, 5.74) is 10.8. The van der Waals surface area contributed by atoms with Crippen molar-refractivity contribution in [3.63, 3.8) is 0 Å². The van der Waals surface area contributed by atoms with Gasteiger partial charge in [-0.05, 0) is 6.92 Å². The van der Waals surface area contributed by atoms with Crippen molar-refractivity contribution in [1.29, 1.82) is 0 Å². The summed E-state index contributed by atoms with van der Waals surface area (Å²) in [6, 6.07) is 0. The van der Waals surface area contributed by atoms with Gasteiger partial charge in [0.1, 0.15) is 0 Å². The molecule has 0 heterocycles. The van der Waals surface area contributed by atoms with Crippen LogP contribution in [0.1, 0.15) is 13.3 Å². The summed E-state index contributed by atoms with van der Waals surface area (Å²) in [5, 5.41) is 0. The van der Waals surface area contributed by atoms with Gasteiger partial charge >= 0.3 is 0 Å². The third kappa shape index (κ3) is 4.73. The number of quaternary nitrogens is 1. The lowest BCUT2D eigenvalue weighted by Crippen LogP contribution is -2.44. The summed E-state index contributed by atoms with van der Waals surface area (Å²) in [6.07, 6.45) is 0.754. The zero-order chi connectivity index (χ0) is 8.20. The molecule has 0 rings (SSSR count). The van der Waals surface area contributed by atoms with Crippen LogP contribution < -0.4 is 11.5 Å². The van der Waals surface area contributed by atoms with Crippen LogP contribution in [-0.4, -0.2) is 37.8 Å². The number of nitrogens with zero attached hydrogens (tertiary/aromatic N) is 1. The molecule has 0 radical (unpaired) electrons. The molecule has 0 aliphatic carbocycles. The molecule has 0 aromatic rings. The Bertz CT molecular complexity index is 88.9. The summed E-state index contributed by atoms with van der Waals surface area (Å²) in [5.74, 6) is 0. The molecule has 0 atom stereocenters. The number of hydrogen-bond donors (Lipinski definition) is 2. The monoisotopic (exact) mass is 146 g/mol. The molecule has 0 aliphatic heterocycles. The van der Waals surface area contributed by atoms with E-state index in [1.54, 1.807) is 0 Å². The van der Waals surface area contributed by atoms with Crippen molar-refractivity contribution in [3.8, 4) is 0 Å². The van der Waals surface area contributed by atoms with E-state index in [4.69, 9.17) is 11.5 Å². The SMILES string of the molecule is CC[N+](C)(C)CCC(N)N. The minimum absolute atomic E-state index is 0.149. The molecule has 4 N–H and O–H groups in total. The highest BCUT2D eigenvalue weighted by Gasteiger charge is 2.11. The third-order valence-electron chi connectivity index (χ3n) is 1.92. The van der Waals surface area contributed by atoms with E-state index in [0.29, 0.717) is 0 Å². The standard InChI is InChI=1S/C7H20N3/c1-4-10(2,3)6-5-7(8)9/h7H,4-6,8-9H2,1-3H3/q+1. The third-order valence-corrected chi connectivity index (χ3v) is 1.92. The molecule has 0 aromatic carbocycles. The second-order valence-electron chi connectivity index (χ2n) is 3.43. The zero-order valence-electron chi connectivity index (χ0n) is 7.30. The first kappa shape index (κ1) is 9.88. The van der Waals surface area contributed by atoms with Crippen LogP contribution in [0, 0.1) is 0 Å². The first-order valence-corrected chi connectivity index (χ1v) is 3.81. The lowest BCUT2D eigenvalue weighted by molar-refractivity contribution is -0.888. The van der Waals surface area contributed by atoms with E-state index in [1.807, 2.05) is 0 Å². The number of nitrogens with two attached hydrogens (primary N) is 2. The average Bonchev–Trinajstić information content (AvgIpc) is 1.85. The Morgan fingerprint density at radius 3 is 2.10 bits per heavy atom. The van der Waals surface area contributed by atoms with E-state index >= 15 is 0 Å². The molecule has 0 fully saturated rings. The van der Waals surface area contributed by atoms with Gasteiger partial charge in [0.15, 0.2) is 0 Å². The van der Waals surface area contributed by atoms with Gasteiger partial charge in [0.2, 0.25) is 0 Å². The molecule has 0 saturated carbocycles. The van der Waals surface area contributed by atoms with Crippen molar-refractivity contribution >= 4 is 0 Å². The van der Waals surface area contributed by atoms with Gasteiger partial charge in [-0.15, -0.1) is 0 Å². The summed E-state index contributed by atoms with van der Waals surface area (Å²) in [7, 11) is 4.37. The summed E-state index contributed by atoms with van der Waals surface area (Å²) < 4.78 is 1.00. The van der Waals surface area contributed by atoms with Crippen LogP contribution in [0.3, 0.4) is 0 Å². The van der Waals surface area contributed by atoms with E-state index in [1.165, 1.54) is 0 Å². The van der Waals surface area contributed by atoms with Gasteiger partial charge in [-0.1, -0.05) is 0 Å². The molecule has 0 aliphatic rings. The molecule has 3 heteroatoms. The molecule has 0 saturated heterocycles. The Labute approximate surface area is 63.6 Å². The lowest BCUT2D eigenvalue weighted by Gasteiger charge is -2.28. The zero-order valence-corrected chi connectivity index (χ0v) is 7.30. The Hall–Kier alpha value is -0.120. The fraction of sp³-hybridized carbons (Fsp3) is 1.00. The van der Waals surface area contributed by atoms with Gasteiger partial charge in [-0.25, -0.2) is 0 Å². The van der Waals surface area contributed by atoms with Crippen molar-refractivity contribution in [3.05, 3.63) is 0 Å². The van der Waals surface area contributed by atoms with Crippen LogP contribution in [-0.2, 0) is 0 Å². The quantitative estimate of drug-likeness (QED) is 0.423. The van der Waals surface area contributed by atoms with Gasteiger partial charge in [0, 0.05) is 6.42 Å². The van der Waals surface area contributed by atoms with E-state index in [9.17, 15) is 0 Å². The van der Waals surface area contributed by atoms with Gasteiger partial charge < -0.3 is 16.0 Å². The lowest BCUT2D eigenvalue weighted by atomic mass is 10.3. The highest BCUT2D eigenvalue weighted by atomic mass is 15.3. The van der Waals surface area contributed by atoms with E-state index in [0.717, 1.165) is 24.0 Å².